The van der Waals surface area contributed by atoms with Crippen LogP contribution in [0.2, 0.25) is 0 Å². The Morgan fingerprint density at radius 2 is 1.64 bits per heavy atom. The van der Waals surface area contributed by atoms with Gasteiger partial charge in [-0.05, 0) is 54.0 Å². The van der Waals surface area contributed by atoms with Gasteiger partial charge in [-0.15, -0.1) is 0 Å². The first-order chi connectivity index (χ1) is 21.6. The van der Waals surface area contributed by atoms with Crippen LogP contribution in [0.1, 0.15) is 35.2 Å². The minimum Gasteiger partial charge on any atom is -0.497 e. The molecule has 1 atom stereocenters. The van der Waals surface area contributed by atoms with Crippen molar-refractivity contribution in [1.29, 1.82) is 0 Å². The van der Waals surface area contributed by atoms with E-state index in [0.717, 1.165) is 22.4 Å². The maximum atomic E-state index is 14.1. The number of esters is 1. The van der Waals surface area contributed by atoms with Gasteiger partial charge in [0, 0.05) is 5.56 Å². The topological polar surface area (TPSA) is 79.1 Å². The van der Waals surface area contributed by atoms with Crippen LogP contribution in [0, 0.1) is 0 Å². The number of nitrogens with zero attached hydrogens (tertiary/aromatic N) is 2. The van der Waals surface area contributed by atoms with Gasteiger partial charge in [0.15, 0.2) is 4.80 Å². The zero-order valence-electron chi connectivity index (χ0n) is 24.3. The summed E-state index contributed by atoms with van der Waals surface area (Å²) in [7, 11) is 1.58. The zero-order valence-corrected chi connectivity index (χ0v) is 25.1. The average molecular weight is 603 g/mol. The Morgan fingerprint density at radius 3 is 2.34 bits per heavy atom. The molecule has 6 rings (SSSR count). The molecule has 7 nitrogen and oxygen atoms in total. The van der Waals surface area contributed by atoms with Gasteiger partial charge in [0.05, 0.1) is 35.6 Å². The normalized spacial score (nSPS) is 14.5. The van der Waals surface area contributed by atoms with E-state index in [1.807, 2.05) is 115 Å². The van der Waals surface area contributed by atoms with Gasteiger partial charge < -0.3 is 14.2 Å². The van der Waals surface area contributed by atoms with Crippen LogP contribution in [0.25, 0.3) is 11.8 Å². The highest BCUT2D eigenvalue weighted by Gasteiger charge is 2.35. The molecule has 220 valence electrons. The van der Waals surface area contributed by atoms with Crippen molar-refractivity contribution in [2.75, 3.05) is 13.7 Å². The molecular formula is C36H30N2O5S. The van der Waals surface area contributed by atoms with Crippen LogP contribution in [0.15, 0.2) is 125 Å². The van der Waals surface area contributed by atoms with Gasteiger partial charge in [0.2, 0.25) is 0 Å². The number of carbonyl (C=O) groups excluding carboxylic acids is 1. The van der Waals surface area contributed by atoms with Crippen molar-refractivity contribution in [3.63, 3.8) is 0 Å². The molecule has 4 aromatic carbocycles. The lowest BCUT2D eigenvalue weighted by Gasteiger charge is -2.26. The zero-order chi connectivity index (χ0) is 30.5. The van der Waals surface area contributed by atoms with Gasteiger partial charge in [-0.3, -0.25) is 9.36 Å². The van der Waals surface area contributed by atoms with Crippen LogP contribution in [-0.2, 0) is 16.1 Å². The molecule has 1 aliphatic rings. The van der Waals surface area contributed by atoms with Gasteiger partial charge in [0.25, 0.3) is 5.56 Å². The molecule has 0 spiro atoms. The Hall–Kier alpha value is -5.21. The van der Waals surface area contributed by atoms with Gasteiger partial charge >= 0.3 is 5.97 Å². The lowest BCUT2D eigenvalue weighted by Crippen LogP contribution is -2.40. The van der Waals surface area contributed by atoms with Gasteiger partial charge in [-0.25, -0.2) is 9.79 Å². The van der Waals surface area contributed by atoms with Crippen LogP contribution < -0.4 is 24.4 Å². The molecule has 0 N–H and O–H groups in total. The van der Waals surface area contributed by atoms with Crippen molar-refractivity contribution in [3.8, 4) is 11.5 Å². The molecule has 8 heteroatoms. The van der Waals surface area contributed by atoms with Crippen molar-refractivity contribution < 1.29 is 19.0 Å². The summed E-state index contributed by atoms with van der Waals surface area (Å²) < 4.78 is 19.0. The first-order valence-corrected chi connectivity index (χ1v) is 15.1. The minimum atomic E-state index is -0.772. The molecule has 5 aromatic rings. The molecule has 0 saturated carbocycles. The van der Waals surface area contributed by atoms with E-state index in [1.165, 1.54) is 11.3 Å². The molecule has 0 fully saturated rings. The number of methoxy groups -OCH3 is 1. The van der Waals surface area contributed by atoms with Crippen LogP contribution in [0.4, 0.5) is 0 Å². The monoisotopic (exact) mass is 602 g/mol. The fraction of sp³-hybridized carbons (Fsp3) is 0.139. The third kappa shape index (κ3) is 5.98. The van der Waals surface area contributed by atoms with E-state index in [-0.39, 0.29) is 12.2 Å². The molecule has 44 heavy (non-hydrogen) atoms. The minimum absolute atomic E-state index is 0.185. The summed E-state index contributed by atoms with van der Waals surface area (Å²) in [6.07, 6.45) is 1.84. The maximum Gasteiger partial charge on any atom is 0.338 e. The van der Waals surface area contributed by atoms with Crippen molar-refractivity contribution >= 4 is 29.1 Å². The standard InChI is InChI=1S/C36H30N2O5S/c1-3-42-35(40)31-32(26-13-8-5-9-14-26)37-36-38(33(31)27-15-10-16-29(22-27)41-2)34(39)30(44-36)21-24-17-19-28(20-18-24)43-23-25-11-6-4-7-12-25/h4-22,33H,3,23H2,1-2H3/b30-21-/t33-/m0/s1. The lowest BCUT2D eigenvalue weighted by atomic mass is 9.93. The molecule has 0 amide bonds. The number of aromatic nitrogens is 1. The maximum absolute atomic E-state index is 14.1. The number of ether oxygens (including phenoxy) is 3. The Morgan fingerprint density at radius 1 is 0.909 bits per heavy atom. The number of thiazole rings is 1. The number of carbonyl (C=O) groups is 1. The largest absolute Gasteiger partial charge is 0.497 e. The SMILES string of the molecule is CCOC(=O)C1=C(c2ccccc2)N=c2s/c(=C\c3ccc(OCc4ccccc4)cc3)c(=O)n2[C@H]1c1cccc(OC)c1. The van der Waals surface area contributed by atoms with E-state index in [4.69, 9.17) is 19.2 Å². The molecule has 0 saturated heterocycles. The van der Waals surface area contributed by atoms with E-state index in [0.29, 0.717) is 38.5 Å². The van der Waals surface area contributed by atoms with Gasteiger partial charge in [-0.2, -0.15) is 0 Å². The summed E-state index contributed by atoms with van der Waals surface area (Å²) in [5, 5.41) is 0. The second-order valence-electron chi connectivity index (χ2n) is 10.1. The fourth-order valence-electron chi connectivity index (χ4n) is 5.12. The number of hydrogen-bond donors (Lipinski definition) is 0. The molecule has 0 aliphatic carbocycles. The number of hydrogen-bond acceptors (Lipinski definition) is 7. The lowest BCUT2D eigenvalue weighted by molar-refractivity contribution is -0.138. The quantitative estimate of drug-likeness (QED) is 0.208. The fourth-order valence-corrected chi connectivity index (χ4v) is 6.12. The van der Waals surface area contributed by atoms with Crippen molar-refractivity contribution in [2.24, 2.45) is 4.99 Å². The molecule has 0 unspecified atom stereocenters. The van der Waals surface area contributed by atoms with Crippen LogP contribution in [0.3, 0.4) is 0 Å². The summed E-state index contributed by atoms with van der Waals surface area (Å²) in [6, 6.07) is 33.7. The van der Waals surface area contributed by atoms with Crippen LogP contribution in [0.5, 0.6) is 11.5 Å². The number of rotatable bonds is 9. The number of benzene rings is 4. The van der Waals surface area contributed by atoms with Crippen LogP contribution >= 0.6 is 11.3 Å². The summed E-state index contributed by atoms with van der Waals surface area (Å²) in [6.45, 7) is 2.41. The smallest absolute Gasteiger partial charge is 0.338 e. The molecular weight excluding hydrogens is 572 g/mol. The third-order valence-corrected chi connectivity index (χ3v) is 8.19. The Kier molecular flexibility index (Phi) is 8.52. The molecule has 1 aromatic heterocycles. The van der Waals surface area contributed by atoms with Crippen molar-refractivity contribution in [2.45, 2.75) is 19.6 Å². The summed E-state index contributed by atoms with van der Waals surface area (Å²) >= 11 is 1.28. The molecule has 1 aliphatic heterocycles. The van der Waals surface area contributed by atoms with Crippen molar-refractivity contribution in [1.82, 2.24) is 4.57 Å². The highest BCUT2D eigenvalue weighted by atomic mass is 32.1. The Balaban J connectivity index is 1.46. The summed E-state index contributed by atoms with van der Waals surface area (Å²) in [4.78, 5) is 33.1. The van der Waals surface area contributed by atoms with E-state index in [1.54, 1.807) is 18.6 Å². The van der Waals surface area contributed by atoms with E-state index < -0.39 is 12.0 Å². The first kappa shape index (κ1) is 28.9. The molecule has 2 heterocycles. The van der Waals surface area contributed by atoms with E-state index in [9.17, 15) is 9.59 Å². The molecule has 0 bridgehead atoms. The van der Waals surface area contributed by atoms with E-state index >= 15 is 0 Å². The first-order valence-electron chi connectivity index (χ1n) is 14.2. The summed E-state index contributed by atoms with van der Waals surface area (Å²) in [5.74, 6) is 0.820. The Bertz CT molecular complexity index is 2000. The predicted octanol–water partition coefficient (Wildman–Crippen LogP) is 5.52. The van der Waals surface area contributed by atoms with Crippen LogP contribution in [-0.4, -0.2) is 24.3 Å². The molecule has 0 radical (unpaired) electrons. The second-order valence-corrected chi connectivity index (χ2v) is 11.1. The summed E-state index contributed by atoms with van der Waals surface area (Å²) in [5.41, 5.74) is 3.92. The predicted molar refractivity (Wildman–Crippen MR) is 171 cm³/mol. The van der Waals surface area contributed by atoms with Gasteiger partial charge in [-0.1, -0.05) is 96.3 Å². The number of fused-ring (bicyclic) bond motifs is 1. The van der Waals surface area contributed by atoms with Crippen molar-refractivity contribution in [3.05, 3.63) is 157 Å². The Labute approximate surface area is 258 Å². The van der Waals surface area contributed by atoms with E-state index in [2.05, 4.69) is 0 Å². The highest BCUT2D eigenvalue weighted by Crippen LogP contribution is 2.36. The third-order valence-electron chi connectivity index (χ3n) is 7.21. The highest BCUT2D eigenvalue weighted by molar-refractivity contribution is 7.07. The average Bonchev–Trinajstić information content (AvgIpc) is 3.38. The second kappa shape index (κ2) is 13.0. The van der Waals surface area contributed by atoms with Gasteiger partial charge in [0.1, 0.15) is 18.1 Å².